The predicted octanol–water partition coefficient (Wildman–Crippen LogP) is 7.65. The van der Waals surface area contributed by atoms with E-state index in [2.05, 4.69) is 79.3 Å². The van der Waals surface area contributed by atoms with Gasteiger partial charge in [-0.15, -0.1) is 41.4 Å². The average Bonchev–Trinajstić information content (AvgIpc) is 3.64. The van der Waals surface area contributed by atoms with Crippen molar-refractivity contribution in [3.05, 3.63) is 99.9 Å². The molecule has 14 heteroatoms. The molecule has 45 heavy (non-hydrogen) atoms. The molecule has 0 bridgehead atoms. The van der Waals surface area contributed by atoms with Crippen molar-refractivity contribution in [1.82, 2.24) is 24.8 Å². The summed E-state index contributed by atoms with van der Waals surface area (Å²) in [5.74, 6) is 0.482. The molecule has 0 fully saturated rings. The Morgan fingerprint density at radius 2 is 1.82 bits per heavy atom. The number of hydrazone groups is 1. The van der Waals surface area contributed by atoms with E-state index in [0.717, 1.165) is 26.6 Å². The number of nitrogens with one attached hydrogen (secondary N) is 1. The van der Waals surface area contributed by atoms with Crippen molar-refractivity contribution in [3.63, 3.8) is 0 Å². The largest absolute Gasteiger partial charge is 0.573 e. The van der Waals surface area contributed by atoms with Crippen LogP contribution in [0.25, 0.3) is 22.8 Å². The topological polar surface area (TPSA) is 81.6 Å². The summed E-state index contributed by atoms with van der Waals surface area (Å²) in [6.45, 7) is 6.43. The number of rotatable bonds is 8. The van der Waals surface area contributed by atoms with E-state index < -0.39 is 6.36 Å². The smallest absolute Gasteiger partial charge is 0.406 e. The monoisotopic (exact) mass is 667 g/mol. The van der Waals surface area contributed by atoms with Gasteiger partial charge in [0.1, 0.15) is 12.1 Å². The lowest BCUT2D eigenvalue weighted by atomic mass is 9.99. The number of thiazole rings is 1. The normalized spacial score (nSPS) is 12.3. The molecule has 2 heterocycles. The number of nitrogens with zero attached hydrogens (tertiary/aromatic N) is 6. The maximum absolute atomic E-state index is 12.4. The van der Waals surface area contributed by atoms with Crippen LogP contribution in [0.15, 0.2) is 93.6 Å². The molecule has 0 aliphatic heterocycles. The van der Waals surface area contributed by atoms with Crippen molar-refractivity contribution >= 4 is 46.6 Å². The van der Waals surface area contributed by atoms with E-state index in [1.54, 1.807) is 18.0 Å². The Labute approximate surface area is 271 Å². The lowest BCUT2D eigenvalue weighted by Crippen LogP contribution is -2.21. The average molecular weight is 668 g/mol. The Kier molecular flexibility index (Phi) is 9.85. The molecule has 0 spiro atoms. The van der Waals surface area contributed by atoms with Crippen LogP contribution in [0.2, 0.25) is 0 Å². The van der Waals surface area contributed by atoms with Gasteiger partial charge in [0, 0.05) is 10.9 Å². The molecule has 0 amide bonds. The zero-order valence-electron chi connectivity index (χ0n) is 24.6. The molecule has 2 aromatic heterocycles. The van der Waals surface area contributed by atoms with Crippen LogP contribution < -0.4 is 15.0 Å². The van der Waals surface area contributed by atoms with Gasteiger partial charge in [0.05, 0.1) is 22.6 Å². The molecule has 0 saturated heterocycles. The molecular formula is C31H28F3N7OS3. The van der Waals surface area contributed by atoms with Crippen LogP contribution in [0.4, 0.5) is 13.2 Å². The van der Waals surface area contributed by atoms with Crippen molar-refractivity contribution in [3.8, 4) is 28.5 Å². The first-order chi connectivity index (χ1) is 21.5. The van der Waals surface area contributed by atoms with Crippen LogP contribution in [0.3, 0.4) is 0 Å². The van der Waals surface area contributed by atoms with Gasteiger partial charge in [-0.3, -0.25) is 9.99 Å². The molecule has 5 rings (SSSR count). The molecule has 232 valence electrons. The van der Waals surface area contributed by atoms with Gasteiger partial charge < -0.3 is 4.74 Å². The van der Waals surface area contributed by atoms with Crippen molar-refractivity contribution < 1.29 is 17.9 Å². The molecule has 8 nitrogen and oxygen atoms in total. The number of benzene rings is 3. The van der Waals surface area contributed by atoms with Crippen molar-refractivity contribution in [1.29, 1.82) is 0 Å². The van der Waals surface area contributed by atoms with Gasteiger partial charge in [-0.25, -0.2) is 9.67 Å². The zero-order valence-corrected chi connectivity index (χ0v) is 27.1. The molecule has 0 aliphatic rings. The third kappa shape index (κ3) is 8.07. The first-order valence-electron chi connectivity index (χ1n) is 13.6. The highest BCUT2D eigenvalue weighted by Gasteiger charge is 2.31. The second-order valence-electron chi connectivity index (χ2n) is 10.1. The molecule has 1 N–H and O–H groups in total. The van der Waals surface area contributed by atoms with E-state index >= 15 is 0 Å². The van der Waals surface area contributed by atoms with Gasteiger partial charge in [-0.1, -0.05) is 50.2 Å². The molecular weight excluding hydrogens is 640 g/mol. The van der Waals surface area contributed by atoms with Crippen LogP contribution in [-0.2, 0) is 0 Å². The fourth-order valence-electron chi connectivity index (χ4n) is 4.39. The van der Waals surface area contributed by atoms with Gasteiger partial charge in [-0.2, -0.15) is 10.1 Å². The lowest BCUT2D eigenvalue weighted by molar-refractivity contribution is -0.274. The van der Waals surface area contributed by atoms with E-state index in [1.165, 1.54) is 57.7 Å². The summed E-state index contributed by atoms with van der Waals surface area (Å²) in [5, 5.41) is 12.1. The highest BCUT2D eigenvalue weighted by molar-refractivity contribution is 7.98. The number of aromatic nitrogens is 4. The third-order valence-corrected chi connectivity index (χ3v) is 8.38. The number of alkyl halides is 3. The van der Waals surface area contributed by atoms with Gasteiger partial charge in [0.2, 0.25) is 5.11 Å². The number of hydrogen-bond donors (Lipinski definition) is 1. The first kappa shape index (κ1) is 32.1. The van der Waals surface area contributed by atoms with E-state index in [1.807, 2.05) is 30.5 Å². The predicted molar refractivity (Wildman–Crippen MR) is 177 cm³/mol. The number of thioether (sulfide) groups is 1. The number of aryl methyl sites for hydroxylation is 1. The van der Waals surface area contributed by atoms with Crippen LogP contribution in [-0.4, -0.2) is 43.3 Å². The van der Waals surface area contributed by atoms with Crippen molar-refractivity contribution in [2.24, 2.45) is 10.1 Å². The van der Waals surface area contributed by atoms with Crippen molar-refractivity contribution in [2.45, 2.75) is 38.1 Å². The highest BCUT2D eigenvalue weighted by Crippen LogP contribution is 2.28. The molecule has 0 saturated carbocycles. The van der Waals surface area contributed by atoms with Gasteiger partial charge in [0.25, 0.3) is 0 Å². The van der Waals surface area contributed by atoms with E-state index in [-0.39, 0.29) is 10.9 Å². The first-order valence-corrected chi connectivity index (χ1v) is 16.1. The minimum atomic E-state index is -4.75. The summed E-state index contributed by atoms with van der Waals surface area (Å²) in [7, 11) is 0. The molecule has 0 unspecified atom stereocenters. The summed E-state index contributed by atoms with van der Waals surface area (Å²) in [6, 6.07) is 19.2. The van der Waals surface area contributed by atoms with Crippen molar-refractivity contribution in [2.75, 3.05) is 6.26 Å². The van der Waals surface area contributed by atoms with Crippen LogP contribution in [0, 0.1) is 6.92 Å². The second-order valence-corrected chi connectivity index (χ2v) is 12.1. The summed E-state index contributed by atoms with van der Waals surface area (Å²) in [4.78, 5) is 9.74. The number of thiocarbonyl (C=S) groups is 1. The van der Waals surface area contributed by atoms with E-state index in [9.17, 15) is 13.2 Å². The summed E-state index contributed by atoms with van der Waals surface area (Å²) in [6.07, 6.45) is 0.414. The van der Waals surface area contributed by atoms with E-state index in [4.69, 9.17) is 12.2 Å². The molecule has 0 atom stereocenters. The third-order valence-electron chi connectivity index (χ3n) is 6.50. The Balaban J connectivity index is 1.26. The number of halogens is 3. The maximum Gasteiger partial charge on any atom is 0.573 e. The fourth-order valence-corrected chi connectivity index (χ4v) is 6.30. The van der Waals surface area contributed by atoms with E-state index in [0.29, 0.717) is 17.4 Å². The summed E-state index contributed by atoms with van der Waals surface area (Å²) in [5.41, 5.74) is 8.43. The fraction of sp³-hybridized carbons (Fsp3) is 0.194. The van der Waals surface area contributed by atoms with Gasteiger partial charge in [0.15, 0.2) is 10.6 Å². The minimum absolute atomic E-state index is 0.234. The maximum atomic E-state index is 12.4. The molecule has 0 radical (unpaired) electrons. The quantitative estimate of drug-likeness (QED) is 0.0793. The Morgan fingerprint density at radius 1 is 1.09 bits per heavy atom. The lowest BCUT2D eigenvalue weighted by Gasteiger charge is -2.16. The van der Waals surface area contributed by atoms with Crippen LogP contribution in [0.5, 0.6) is 5.75 Å². The van der Waals surface area contributed by atoms with Gasteiger partial charge in [-0.05, 0) is 78.3 Å². The molecule has 0 aliphatic carbocycles. The Hall–Kier alpha value is -4.27. The van der Waals surface area contributed by atoms with Gasteiger partial charge >= 0.3 is 6.36 Å². The molecule has 5 aromatic rings. The Bertz CT molecular complexity index is 1890. The highest BCUT2D eigenvalue weighted by atomic mass is 32.2. The van der Waals surface area contributed by atoms with Crippen LogP contribution >= 0.6 is 35.3 Å². The zero-order chi connectivity index (χ0) is 32.1. The number of hydrogen-bond acceptors (Lipinski definition) is 7. The summed E-state index contributed by atoms with van der Waals surface area (Å²) < 4.78 is 44.8. The standard InChI is InChI=1S/C31H28F3N7OS3/c1-19(2)25-14-5-20(3)15-26(25)41-27(44-4)17-45-30(41)37-29(43)38-36-16-21-6-8-22(9-7-21)28-35-18-40(39-28)23-10-12-24(13-11-23)42-31(32,33)34/h5-19H,1-4H3,(H,38,43)/b36-16+,37-30-. The summed E-state index contributed by atoms with van der Waals surface area (Å²) >= 11 is 8.66. The Morgan fingerprint density at radius 3 is 2.49 bits per heavy atom. The minimum Gasteiger partial charge on any atom is -0.406 e. The SMILES string of the molecule is CSc1cs/c(=N\C(=S)N/N=C/c2ccc(-c3ncn(-c4ccc(OC(F)(F)F)cc4)n3)cc2)n1-c1cc(C)ccc1C(C)C. The molecule has 3 aromatic carbocycles. The second kappa shape index (κ2) is 13.8. The van der Waals surface area contributed by atoms with Crippen LogP contribution in [0.1, 0.15) is 36.5 Å². The number of ether oxygens (including phenoxy) is 1.